The van der Waals surface area contributed by atoms with Crippen LogP contribution in [0.15, 0.2) is 24.3 Å². The minimum absolute atomic E-state index is 0.132. The van der Waals surface area contributed by atoms with Crippen molar-refractivity contribution >= 4 is 23.1 Å². The average molecular weight is 298 g/mol. The molecular formula is C14H12F2OS2. The molecule has 0 bridgehead atoms. The van der Waals surface area contributed by atoms with Gasteiger partial charge in [-0.1, -0.05) is 6.07 Å². The smallest absolute Gasteiger partial charge is 0.132 e. The number of aliphatic hydroxyl groups excluding tert-OH is 1. The van der Waals surface area contributed by atoms with Gasteiger partial charge in [-0.25, -0.2) is 8.78 Å². The van der Waals surface area contributed by atoms with E-state index in [0.29, 0.717) is 0 Å². The summed E-state index contributed by atoms with van der Waals surface area (Å²) in [5.41, 5.74) is 1.37. The molecule has 1 aliphatic rings. The van der Waals surface area contributed by atoms with Crippen LogP contribution in [-0.2, 0) is 12.2 Å². The Bertz CT molecular complexity index is 586. The van der Waals surface area contributed by atoms with Crippen LogP contribution in [0.25, 0.3) is 0 Å². The van der Waals surface area contributed by atoms with E-state index in [4.69, 9.17) is 0 Å². The van der Waals surface area contributed by atoms with E-state index >= 15 is 0 Å². The number of rotatable bonds is 2. The lowest BCUT2D eigenvalue weighted by Crippen LogP contribution is -2.01. The van der Waals surface area contributed by atoms with Gasteiger partial charge in [-0.15, -0.1) is 11.3 Å². The van der Waals surface area contributed by atoms with Crippen LogP contribution in [0.3, 0.4) is 0 Å². The van der Waals surface area contributed by atoms with Gasteiger partial charge in [0, 0.05) is 27.1 Å². The van der Waals surface area contributed by atoms with Gasteiger partial charge in [0.05, 0.1) is 0 Å². The standard InChI is InChI=1S/C14H12F2OS2/c15-9-1-2-10(11(16)6-9)14(17)13-5-8-7-18-4-3-12(8)19-13/h1-2,5-6,14,17H,3-4,7H2. The van der Waals surface area contributed by atoms with Gasteiger partial charge < -0.3 is 5.11 Å². The van der Waals surface area contributed by atoms with Crippen molar-refractivity contribution in [1.82, 2.24) is 0 Å². The van der Waals surface area contributed by atoms with Crippen LogP contribution < -0.4 is 0 Å². The third kappa shape index (κ3) is 2.55. The van der Waals surface area contributed by atoms with E-state index in [1.165, 1.54) is 33.9 Å². The number of halogens is 2. The number of aryl methyl sites for hydroxylation is 1. The molecule has 100 valence electrons. The van der Waals surface area contributed by atoms with Crippen LogP contribution in [0, 0.1) is 11.6 Å². The summed E-state index contributed by atoms with van der Waals surface area (Å²) < 4.78 is 26.5. The summed E-state index contributed by atoms with van der Waals surface area (Å²) >= 11 is 3.39. The van der Waals surface area contributed by atoms with Gasteiger partial charge in [-0.3, -0.25) is 0 Å². The quantitative estimate of drug-likeness (QED) is 0.907. The third-order valence-corrected chi connectivity index (χ3v) is 5.47. The molecule has 1 aromatic heterocycles. The van der Waals surface area contributed by atoms with Crippen LogP contribution in [0.1, 0.15) is 27.0 Å². The van der Waals surface area contributed by atoms with Crippen LogP contribution >= 0.6 is 23.1 Å². The summed E-state index contributed by atoms with van der Waals surface area (Å²) in [5.74, 6) is 0.710. The summed E-state index contributed by atoms with van der Waals surface area (Å²) in [6, 6.07) is 5.23. The normalized spacial score (nSPS) is 16.2. The zero-order chi connectivity index (χ0) is 13.4. The molecule has 1 nitrogen and oxygen atoms in total. The van der Waals surface area contributed by atoms with E-state index in [2.05, 4.69) is 0 Å². The molecular weight excluding hydrogens is 286 g/mol. The van der Waals surface area contributed by atoms with E-state index in [1.54, 1.807) is 0 Å². The largest absolute Gasteiger partial charge is 0.383 e. The molecule has 0 fully saturated rings. The molecule has 1 unspecified atom stereocenters. The molecule has 1 N–H and O–H groups in total. The first kappa shape index (κ1) is 13.1. The van der Waals surface area contributed by atoms with Gasteiger partial charge in [0.15, 0.2) is 0 Å². The van der Waals surface area contributed by atoms with Crippen LogP contribution in [0.2, 0.25) is 0 Å². The molecule has 0 spiro atoms. The fourth-order valence-electron chi connectivity index (χ4n) is 2.18. The Labute approximate surface area is 118 Å². The van der Waals surface area contributed by atoms with E-state index in [0.717, 1.165) is 28.9 Å². The second-order valence-corrected chi connectivity index (χ2v) is 6.74. The molecule has 0 saturated carbocycles. The average Bonchev–Trinajstić information content (AvgIpc) is 2.81. The zero-order valence-corrected chi connectivity index (χ0v) is 11.7. The molecule has 0 amide bonds. The molecule has 1 aromatic carbocycles. The number of thioether (sulfide) groups is 1. The minimum Gasteiger partial charge on any atom is -0.383 e. The summed E-state index contributed by atoms with van der Waals surface area (Å²) in [7, 11) is 0. The van der Waals surface area contributed by atoms with Crippen molar-refractivity contribution in [2.75, 3.05) is 5.75 Å². The van der Waals surface area contributed by atoms with Gasteiger partial charge in [0.2, 0.25) is 0 Å². The second kappa shape index (κ2) is 5.23. The molecule has 0 radical (unpaired) electrons. The van der Waals surface area contributed by atoms with Crippen molar-refractivity contribution < 1.29 is 13.9 Å². The highest BCUT2D eigenvalue weighted by molar-refractivity contribution is 7.98. The molecule has 5 heteroatoms. The first-order valence-corrected chi connectivity index (χ1v) is 7.94. The number of fused-ring (bicyclic) bond motifs is 1. The fourth-order valence-corrected chi connectivity index (χ4v) is 4.56. The molecule has 1 aliphatic heterocycles. The van der Waals surface area contributed by atoms with Crippen LogP contribution in [0.4, 0.5) is 8.78 Å². The number of thiophene rings is 1. The second-order valence-electron chi connectivity index (χ2n) is 4.47. The zero-order valence-electron chi connectivity index (χ0n) is 10.0. The SMILES string of the molecule is OC(c1cc2c(s1)CCSC2)c1ccc(F)cc1F. The first-order valence-electron chi connectivity index (χ1n) is 5.97. The predicted molar refractivity (Wildman–Crippen MR) is 74.6 cm³/mol. The molecule has 3 rings (SSSR count). The van der Waals surface area contributed by atoms with Gasteiger partial charge in [-0.05, 0) is 29.9 Å². The van der Waals surface area contributed by atoms with Crippen molar-refractivity contribution in [3.8, 4) is 0 Å². The molecule has 2 aromatic rings. The summed E-state index contributed by atoms with van der Waals surface area (Å²) in [4.78, 5) is 2.01. The molecule has 19 heavy (non-hydrogen) atoms. The van der Waals surface area contributed by atoms with Crippen LogP contribution in [0.5, 0.6) is 0 Å². The highest BCUT2D eigenvalue weighted by Gasteiger charge is 2.21. The van der Waals surface area contributed by atoms with Gasteiger partial charge >= 0.3 is 0 Å². The predicted octanol–water partition coefficient (Wildman–Crippen LogP) is 3.90. The van der Waals surface area contributed by atoms with Crippen molar-refractivity contribution in [2.24, 2.45) is 0 Å². The lowest BCUT2D eigenvalue weighted by molar-refractivity contribution is 0.218. The maximum atomic E-state index is 13.7. The lowest BCUT2D eigenvalue weighted by atomic mass is 10.1. The Hall–Kier alpha value is -0.910. The fraction of sp³-hybridized carbons (Fsp3) is 0.286. The Balaban J connectivity index is 1.94. The molecule has 0 aliphatic carbocycles. The molecule has 0 saturated heterocycles. The molecule has 1 atom stereocenters. The summed E-state index contributed by atoms with van der Waals surface area (Å²) in [6.07, 6.45) is -0.00952. The van der Waals surface area contributed by atoms with E-state index in [9.17, 15) is 13.9 Å². The topological polar surface area (TPSA) is 20.2 Å². The highest BCUT2D eigenvalue weighted by atomic mass is 32.2. The Morgan fingerprint density at radius 1 is 1.21 bits per heavy atom. The monoisotopic (exact) mass is 298 g/mol. The number of benzene rings is 1. The molecule has 2 heterocycles. The Kier molecular flexibility index (Phi) is 3.60. The van der Waals surface area contributed by atoms with Crippen molar-refractivity contribution in [3.63, 3.8) is 0 Å². The highest BCUT2D eigenvalue weighted by Crippen LogP contribution is 2.37. The Morgan fingerprint density at radius 3 is 2.79 bits per heavy atom. The number of aliphatic hydroxyl groups is 1. The number of hydrogen-bond donors (Lipinski definition) is 1. The van der Waals surface area contributed by atoms with Crippen molar-refractivity contribution in [3.05, 3.63) is 56.8 Å². The van der Waals surface area contributed by atoms with Gasteiger partial charge in [0.25, 0.3) is 0 Å². The summed E-state index contributed by atoms with van der Waals surface area (Å²) in [5, 5.41) is 10.3. The third-order valence-electron chi connectivity index (χ3n) is 3.17. The number of hydrogen-bond acceptors (Lipinski definition) is 3. The van der Waals surface area contributed by atoms with Crippen molar-refractivity contribution in [1.29, 1.82) is 0 Å². The van der Waals surface area contributed by atoms with Crippen molar-refractivity contribution in [2.45, 2.75) is 18.3 Å². The maximum Gasteiger partial charge on any atom is 0.132 e. The van der Waals surface area contributed by atoms with E-state index in [1.807, 2.05) is 17.8 Å². The van der Waals surface area contributed by atoms with E-state index in [-0.39, 0.29) is 5.56 Å². The van der Waals surface area contributed by atoms with Gasteiger partial charge in [0.1, 0.15) is 17.7 Å². The van der Waals surface area contributed by atoms with Gasteiger partial charge in [-0.2, -0.15) is 11.8 Å². The lowest BCUT2D eigenvalue weighted by Gasteiger charge is -2.09. The maximum absolute atomic E-state index is 13.7. The minimum atomic E-state index is -1.01. The summed E-state index contributed by atoms with van der Waals surface area (Å²) in [6.45, 7) is 0. The Morgan fingerprint density at radius 2 is 2.05 bits per heavy atom. The van der Waals surface area contributed by atoms with E-state index < -0.39 is 17.7 Å². The van der Waals surface area contributed by atoms with Crippen LogP contribution in [-0.4, -0.2) is 10.9 Å². The first-order chi connectivity index (χ1) is 9.15.